The average Bonchev–Trinajstić information content (AvgIpc) is 2.61. The second-order valence-corrected chi connectivity index (χ2v) is 5.44. The average molecular weight is 341 g/mol. The minimum absolute atomic E-state index is 0.198. The Hall–Kier alpha value is -3.08. The third-order valence-corrected chi connectivity index (χ3v) is 3.70. The summed E-state index contributed by atoms with van der Waals surface area (Å²) in [6, 6.07) is 20.0. The molecule has 126 valence electrons. The maximum absolute atomic E-state index is 13.4. The highest BCUT2D eigenvalue weighted by Gasteiger charge is 2.35. The summed E-state index contributed by atoms with van der Waals surface area (Å²) in [4.78, 5) is 12.1. The quantitative estimate of drug-likeness (QED) is 0.496. The number of ketones is 1. The first-order valence-corrected chi connectivity index (χ1v) is 7.58. The van der Waals surface area contributed by atoms with Crippen LogP contribution in [0.2, 0.25) is 0 Å². The predicted molar refractivity (Wildman–Crippen MR) is 92.5 cm³/mol. The highest BCUT2D eigenvalue weighted by Crippen LogP contribution is 2.31. The number of carbonyl (C=O) groups excluding carboxylic acids is 1. The fraction of sp³-hybridized carbons (Fsp3) is 0.0500. The van der Waals surface area contributed by atoms with Crippen molar-refractivity contribution in [2.75, 3.05) is 5.32 Å². The summed E-state index contributed by atoms with van der Waals surface area (Å²) < 4.78 is 40.2. The van der Waals surface area contributed by atoms with Gasteiger partial charge in [-0.25, -0.2) is 0 Å². The molecule has 0 saturated heterocycles. The summed E-state index contributed by atoms with van der Waals surface area (Å²) in [6.45, 7) is 0. The minimum Gasteiger partial charge on any atom is -0.351 e. The molecule has 0 fully saturated rings. The van der Waals surface area contributed by atoms with E-state index in [-0.39, 0.29) is 5.56 Å². The van der Waals surface area contributed by atoms with Gasteiger partial charge in [0.05, 0.1) is 0 Å². The Kier molecular flexibility index (Phi) is 4.57. The molecule has 0 aliphatic rings. The number of nitrogens with one attached hydrogen (secondary N) is 1. The van der Waals surface area contributed by atoms with Crippen LogP contribution in [0.5, 0.6) is 0 Å². The fourth-order valence-corrected chi connectivity index (χ4v) is 2.49. The number of carbonyl (C=O) groups is 1. The molecule has 0 radical (unpaired) electrons. The molecule has 25 heavy (non-hydrogen) atoms. The minimum atomic E-state index is -4.68. The smallest absolute Gasteiger partial charge is 0.351 e. The Bertz CT molecular complexity index is 925. The summed E-state index contributed by atoms with van der Waals surface area (Å²) in [5.41, 5.74) is -0.607. The molecule has 0 aliphatic carbocycles. The van der Waals surface area contributed by atoms with Crippen molar-refractivity contribution in [3.63, 3.8) is 0 Å². The molecule has 3 aromatic rings. The number of hydrogen-bond donors (Lipinski definition) is 1. The first-order chi connectivity index (χ1) is 11.9. The lowest BCUT2D eigenvalue weighted by molar-refractivity contribution is -0.0903. The zero-order valence-corrected chi connectivity index (χ0v) is 13.0. The molecular weight excluding hydrogens is 327 g/mol. The fourth-order valence-electron chi connectivity index (χ4n) is 2.49. The van der Waals surface area contributed by atoms with Gasteiger partial charge in [0, 0.05) is 22.7 Å². The summed E-state index contributed by atoms with van der Waals surface area (Å²) in [5.74, 6) is -0.708. The number of allylic oxidation sites excluding steroid dienone is 2. The zero-order chi connectivity index (χ0) is 17.9. The highest BCUT2D eigenvalue weighted by molar-refractivity contribution is 6.05. The van der Waals surface area contributed by atoms with Crippen LogP contribution in [0.25, 0.3) is 10.8 Å². The van der Waals surface area contributed by atoms with Gasteiger partial charge in [0.1, 0.15) is 5.70 Å². The summed E-state index contributed by atoms with van der Waals surface area (Å²) in [5, 5.41) is 3.83. The van der Waals surface area contributed by atoms with E-state index in [1.165, 1.54) is 12.1 Å². The van der Waals surface area contributed by atoms with E-state index in [0.29, 0.717) is 17.1 Å². The van der Waals surface area contributed by atoms with Crippen LogP contribution in [0.1, 0.15) is 10.4 Å². The molecule has 0 heterocycles. The van der Waals surface area contributed by atoms with E-state index in [0.717, 1.165) is 5.39 Å². The number of hydrogen-bond acceptors (Lipinski definition) is 2. The van der Waals surface area contributed by atoms with E-state index in [9.17, 15) is 18.0 Å². The van der Waals surface area contributed by atoms with Gasteiger partial charge in [-0.15, -0.1) is 0 Å². The summed E-state index contributed by atoms with van der Waals surface area (Å²) >= 11 is 0. The van der Waals surface area contributed by atoms with Crippen molar-refractivity contribution < 1.29 is 18.0 Å². The van der Waals surface area contributed by atoms with Gasteiger partial charge in [-0.3, -0.25) is 4.79 Å². The molecule has 0 aliphatic heterocycles. The topological polar surface area (TPSA) is 29.1 Å². The van der Waals surface area contributed by atoms with E-state index in [1.54, 1.807) is 42.5 Å². The Labute approximate surface area is 142 Å². The molecule has 3 rings (SSSR count). The van der Waals surface area contributed by atoms with Gasteiger partial charge in [-0.2, -0.15) is 13.2 Å². The summed E-state index contributed by atoms with van der Waals surface area (Å²) in [7, 11) is 0. The largest absolute Gasteiger partial charge is 0.431 e. The molecule has 0 unspecified atom stereocenters. The third kappa shape index (κ3) is 3.88. The number of anilines is 1. The van der Waals surface area contributed by atoms with Gasteiger partial charge >= 0.3 is 6.18 Å². The van der Waals surface area contributed by atoms with Gasteiger partial charge in [-0.05, 0) is 11.5 Å². The van der Waals surface area contributed by atoms with Crippen LogP contribution < -0.4 is 5.32 Å². The highest BCUT2D eigenvalue weighted by atomic mass is 19.4. The predicted octanol–water partition coefficient (Wildman–Crippen LogP) is 5.58. The van der Waals surface area contributed by atoms with Crippen LogP contribution in [0.3, 0.4) is 0 Å². The van der Waals surface area contributed by atoms with E-state index in [1.807, 2.05) is 18.2 Å². The lowest BCUT2D eigenvalue weighted by Crippen LogP contribution is -2.20. The van der Waals surface area contributed by atoms with Gasteiger partial charge in [-0.1, -0.05) is 66.7 Å². The lowest BCUT2D eigenvalue weighted by Gasteiger charge is -2.16. The van der Waals surface area contributed by atoms with E-state index < -0.39 is 17.7 Å². The molecule has 2 nitrogen and oxygen atoms in total. The van der Waals surface area contributed by atoms with E-state index in [4.69, 9.17) is 0 Å². The number of benzene rings is 3. The Morgan fingerprint density at radius 2 is 1.48 bits per heavy atom. The van der Waals surface area contributed by atoms with Crippen molar-refractivity contribution in [2.45, 2.75) is 6.18 Å². The Balaban J connectivity index is 2.00. The van der Waals surface area contributed by atoms with Crippen molar-refractivity contribution in [1.29, 1.82) is 0 Å². The van der Waals surface area contributed by atoms with Crippen LogP contribution >= 0.6 is 0 Å². The lowest BCUT2D eigenvalue weighted by atomic mass is 10.1. The van der Waals surface area contributed by atoms with Gasteiger partial charge in [0.15, 0.2) is 5.78 Å². The molecule has 0 spiro atoms. The Morgan fingerprint density at radius 3 is 2.20 bits per heavy atom. The zero-order valence-electron chi connectivity index (χ0n) is 13.0. The molecule has 1 N–H and O–H groups in total. The maximum atomic E-state index is 13.4. The van der Waals surface area contributed by atoms with Crippen LogP contribution in [0.4, 0.5) is 18.9 Å². The summed E-state index contributed by atoms with van der Waals surface area (Å²) in [6.07, 6.45) is -4.08. The van der Waals surface area contributed by atoms with Crippen molar-refractivity contribution in [1.82, 2.24) is 0 Å². The SMILES string of the molecule is O=C(C=C(Nc1cccc2ccccc12)C(F)(F)F)c1ccccc1. The molecule has 0 aromatic heterocycles. The van der Waals surface area contributed by atoms with Crippen LogP contribution in [-0.2, 0) is 0 Å². The standard InChI is InChI=1S/C20H14F3NO/c21-20(22,23)19(13-18(25)15-8-2-1-3-9-15)24-17-12-6-10-14-7-4-5-11-16(14)17/h1-13,24H. The van der Waals surface area contributed by atoms with E-state index in [2.05, 4.69) is 5.32 Å². The first-order valence-electron chi connectivity index (χ1n) is 7.58. The first kappa shape index (κ1) is 16.8. The number of alkyl halides is 3. The van der Waals surface area contributed by atoms with Crippen LogP contribution in [0, 0.1) is 0 Å². The van der Waals surface area contributed by atoms with Crippen molar-refractivity contribution in [3.8, 4) is 0 Å². The number of halogens is 3. The van der Waals surface area contributed by atoms with Crippen LogP contribution in [-0.4, -0.2) is 12.0 Å². The maximum Gasteiger partial charge on any atom is 0.431 e. The van der Waals surface area contributed by atoms with Crippen LogP contribution in [0.15, 0.2) is 84.6 Å². The van der Waals surface area contributed by atoms with Gasteiger partial charge < -0.3 is 5.32 Å². The van der Waals surface area contributed by atoms with Gasteiger partial charge in [0.25, 0.3) is 0 Å². The second kappa shape index (κ2) is 6.81. The Morgan fingerprint density at radius 1 is 0.840 bits per heavy atom. The number of fused-ring (bicyclic) bond motifs is 1. The molecule has 0 amide bonds. The van der Waals surface area contributed by atoms with Crippen molar-refractivity contribution in [3.05, 3.63) is 90.1 Å². The number of rotatable bonds is 4. The third-order valence-electron chi connectivity index (χ3n) is 3.70. The molecular formula is C20H14F3NO. The van der Waals surface area contributed by atoms with Crippen molar-refractivity contribution >= 4 is 22.2 Å². The van der Waals surface area contributed by atoms with Crippen molar-refractivity contribution in [2.24, 2.45) is 0 Å². The molecule has 0 saturated carbocycles. The van der Waals surface area contributed by atoms with Gasteiger partial charge in [0.2, 0.25) is 0 Å². The normalized spacial score (nSPS) is 12.2. The molecule has 0 bridgehead atoms. The monoisotopic (exact) mass is 341 g/mol. The molecule has 3 aromatic carbocycles. The van der Waals surface area contributed by atoms with E-state index >= 15 is 0 Å². The molecule has 0 atom stereocenters. The second-order valence-electron chi connectivity index (χ2n) is 5.44. The molecule has 5 heteroatoms.